The molecule has 2 amide bonds. The molecule has 0 bridgehead atoms. The van der Waals surface area contributed by atoms with Gasteiger partial charge in [0.15, 0.2) is 0 Å². The molecule has 1 aromatic rings. The molecule has 1 atom stereocenters. The second kappa shape index (κ2) is 6.26. The van der Waals surface area contributed by atoms with Gasteiger partial charge in [0.25, 0.3) is 0 Å². The van der Waals surface area contributed by atoms with Gasteiger partial charge >= 0.3 is 0 Å². The molecule has 1 aromatic heterocycles. The fourth-order valence-corrected chi connectivity index (χ4v) is 3.15. The van der Waals surface area contributed by atoms with Gasteiger partial charge < -0.3 is 10.2 Å². The number of anilines is 1. The van der Waals surface area contributed by atoms with Crippen molar-refractivity contribution in [3.63, 3.8) is 0 Å². The van der Waals surface area contributed by atoms with Crippen LogP contribution in [-0.2, 0) is 9.59 Å². The molecule has 0 saturated carbocycles. The Bertz CT molecular complexity index is 519. The largest absolute Gasteiger partial charge is 0.356 e. The zero-order valence-corrected chi connectivity index (χ0v) is 12.7. The summed E-state index contributed by atoms with van der Waals surface area (Å²) in [4.78, 5) is 30.0. The maximum Gasteiger partial charge on any atom is 0.240 e. The normalized spacial score (nSPS) is 18.1. The summed E-state index contributed by atoms with van der Waals surface area (Å²) in [7, 11) is 1.72. The monoisotopic (exact) mass is 293 g/mol. The summed E-state index contributed by atoms with van der Waals surface area (Å²) in [5.41, 5.74) is 0.807. The fraction of sp³-hybridized carbons (Fsp3) is 0.500. The molecule has 108 valence electrons. The van der Waals surface area contributed by atoms with Crippen molar-refractivity contribution < 1.29 is 9.59 Å². The highest BCUT2D eigenvalue weighted by atomic mass is 32.2. The second-order valence-corrected chi connectivity index (χ2v) is 6.42. The Balaban J connectivity index is 2.04. The van der Waals surface area contributed by atoms with Gasteiger partial charge in [0.1, 0.15) is 5.03 Å². The van der Waals surface area contributed by atoms with Crippen LogP contribution in [-0.4, -0.2) is 35.6 Å². The van der Waals surface area contributed by atoms with Crippen LogP contribution in [0.5, 0.6) is 0 Å². The molecule has 1 N–H and O–H groups in total. The van der Waals surface area contributed by atoms with Crippen molar-refractivity contribution in [2.45, 2.75) is 30.5 Å². The molecule has 2 heterocycles. The lowest BCUT2D eigenvalue weighted by Crippen LogP contribution is -2.41. The quantitative estimate of drug-likeness (QED) is 0.917. The van der Waals surface area contributed by atoms with Gasteiger partial charge in [-0.1, -0.05) is 25.6 Å². The summed E-state index contributed by atoms with van der Waals surface area (Å²) in [6, 6.07) is 3.67. The number of carbonyl (C=O) groups excluding carboxylic acids is 2. The zero-order chi connectivity index (χ0) is 14.7. The van der Waals surface area contributed by atoms with E-state index in [0.29, 0.717) is 12.5 Å². The Labute approximate surface area is 123 Å². The first-order chi connectivity index (χ1) is 9.49. The van der Waals surface area contributed by atoms with Crippen molar-refractivity contribution in [2.75, 3.05) is 18.5 Å². The number of aromatic nitrogens is 1. The Morgan fingerprint density at radius 1 is 1.55 bits per heavy atom. The number of rotatable bonds is 4. The van der Waals surface area contributed by atoms with E-state index in [1.165, 1.54) is 11.8 Å². The summed E-state index contributed by atoms with van der Waals surface area (Å²) in [6.07, 6.45) is 1.89. The first-order valence-corrected chi connectivity index (χ1v) is 7.53. The van der Waals surface area contributed by atoms with Gasteiger partial charge in [-0.05, 0) is 18.1 Å². The molecule has 1 aliphatic rings. The molecular weight excluding hydrogens is 274 g/mol. The minimum absolute atomic E-state index is 0.0461. The first-order valence-electron chi connectivity index (χ1n) is 6.65. The van der Waals surface area contributed by atoms with E-state index in [0.717, 1.165) is 10.7 Å². The lowest BCUT2D eigenvalue weighted by Gasteiger charge is -2.29. The Morgan fingerprint density at radius 3 is 3.00 bits per heavy atom. The minimum Gasteiger partial charge on any atom is -0.356 e. The maximum atomic E-state index is 12.3. The zero-order valence-electron chi connectivity index (χ0n) is 11.9. The van der Waals surface area contributed by atoms with Crippen LogP contribution in [0.3, 0.4) is 0 Å². The molecule has 5 nitrogen and oxygen atoms in total. The number of hydrogen-bond donors (Lipinski definition) is 1. The molecule has 0 aromatic carbocycles. The van der Waals surface area contributed by atoms with Gasteiger partial charge in [-0.2, -0.15) is 0 Å². The predicted molar refractivity (Wildman–Crippen MR) is 79.8 cm³/mol. The summed E-state index contributed by atoms with van der Waals surface area (Å²) < 4.78 is 0. The van der Waals surface area contributed by atoms with E-state index in [2.05, 4.69) is 10.3 Å². The Hall–Kier alpha value is -1.56. The van der Waals surface area contributed by atoms with Crippen LogP contribution >= 0.6 is 11.8 Å². The molecule has 0 aliphatic carbocycles. The number of amides is 2. The van der Waals surface area contributed by atoms with E-state index < -0.39 is 5.25 Å². The molecule has 0 spiro atoms. The summed E-state index contributed by atoms with van der Waals surface area (Å²) in [6.45, 7) is 4.71. The Morgan fingerprint density at radius 2 is 2.30 bits per heavy atom. The molecular formula is C14H19N3O2S. The molecule has 1 aliphatic heterocycles. The van der Waals surface area contributed by atoms with Gasteiger partial charge in [-0.3, -0.25) is 9.59 Å². The number of carbonyl (C=O) groups is 2. The van der Waals surface area contributed by atoms with Crippen molar-refractivity contribution in [3.8, 4) is 0 Å². The predicted octanol–water partition coefficient (Wildman–Crippen LogP) is 1.68. The van der Waals surface area contributed by atoms with Gasteiger partial charge in [0.05, 0.1) is 10.9 Å². The van der Waals surface area contributed by atoms with Crippen molar-refractivity contribution in [3.05, 3.63) is 18.3 Å². The van der Waals surface area contributed by atoms with Gasteiger partial charge in [0, 0.05) is 26.2 Å². The SMILES string of the molecule is CC(C)CNC(=O)CC1Sc2ncccc2N(C)C1=O. The van der Waals surface area contributed by atoms with Gasteiger partial charge in [-0.25, -0.2) is 4.98 Å². The highest BCUT2D eigenvalue weighted by molar-refractivity contribution is 8.00. The summed E-state index contributed by atoms with van der Waals surface area (Å²) in [5.74, 6) is 0.270. The van der Waals surface area contributed by atoms with E-state index in [4.69, 9.17) is 0 Å². The van der Waals surface area contributed by atoms with Crippen LogP contribution in [0, 0.1) is 5.92 Å². The van der Waals surface area contributed by atoms with Gasteiger partial charge in [-0.15, -0.1) is 0 Å². The summed E-state index contributed by atoms with van der Waals surface area (Å²) in [5, 5.41) is 3.25. The second-order valence-electron chi connectivity index (χ2n) is 5.23. The first kappa shape index (κ1) is 14.8. The van der Waals surface area contributed by atoms with Crippen LogP contribution in [0.1, 0.15) is 20.3 Å². The number of hydrogen-bond acceptors (Lipinski definition) is 4. The summed E-state index contributed by atoms with van der Waals surface area (Å²) >= 11 is 1.37. The molecule has 0 fully saturated rings. The van der Waals surface area contributed by atoms with E-state index >= 15 is 0 Å². The topological polar surface area (TPSA) is 62.3 Å². The van der Waals surface area contributed by atoms with Crippen LogP contribution in [0.15, 0.2) is 23.4 Å². The molecule has 0 radical (unpaired) electrons. The van der Waals surface area contributed by atoms with Gasteiger partial charge in [0.2, 0.25) is 11.8 Å². The number of fused-ring (bicyclic) bond motifs is 1. The number of nitrogens with one attached hydrogen (secondary N) is 1. The molecule has 6 heteroatoms. The number of pyridine rings is 1. The highest BCUT2D eigenvalue weighted by Crippen LogP contribution is 2.37. The van der Waals surface area contributed by atoms with E-state index in [9.17, 15) is 9.59 Å². The minimum atomic E-state index is -0.394. The van der Waals surface area contributed by atoms with Crippen LogP contribution in [0.2, 0.25) is 0 Å². The standard InChI is InChI=1S/C14H19N3O2S/c1-9(2)8-16-12(18)7-11-14(19)17(3)10-5-4-6-15-13(10)20-11/h4-6,9,11H,7-8H2,1-3H3,(H,16,18). The van der Waals surface area contributed by atoms with Crippen molar-refractivity contribution >= 4 is 29.3 Å². The number of thioether (sulfide) groups is 1. The lowest BCUT2D eigenvalue weighted by molar-refractivity contribution is -0.124. The average Bonchev–Trinajstić information content (AvgIpc) is 2.42. The average molecular weight is 293 g/mol. The van der Waals surface area contributed by atoms with Crippen LogP contribution in [0.25, 0.3) is 0 Å². The molecule has 1 unspecified atom stereocenters. The molecule has 20 heavy (non-hydrogen) atoms. The molecule has 2 rings (SSSR count). The van der Waals surface area contributed by atoms with Crippen LogP contribution < -0.4 is 10.2 Å². The third-order valence-electron chi connectivity index (χ3n) is 3.05. The van der Waals surface area contributed by atoms with E-state index in [1.807, 2.05) is 19.9 Å². The van der Waals surface area contributed by atoms with Crippen molar-refractivity contribution in [1.29, 1.82) is 0 Å². The van der Waals surface area contributed by atoms with Crippen LogP contribution in [0.4, 0.5) is 5.69 Å². The Kier molecular flexibility index (Phi) is 4.65. The third-order valence-corrected chi connectivity index (χ3v) is 4.24. The van der Waals surface area contributed by atoms with Crippen molar-refractivity contribution in [2.24, 2.45) is 5.92 Å². The molecule has 0 saturated heterocycles. The highest BCUT2D eigenvalue weighted by Gasteiger charge is 2.33. The maximum absolute atomic E-state index is 12.3. The smallest absolute Gasteiger partial charge is 0.240 e. The fourth-order valence-electron chi connectivity index (χ4n) is 1.94. The van der Waals surface area contributed by atoms with Crippen molar-refractivity contribution in [1.82, 2.24) is 10.3 Å². The number of nitrogens with zero attached hydrogens (tertiary/aromatic N) is 2. The lowest BCUT2D eigenvalue weighted by atomic mass is 10.2. The third kappa shape index (κ3) is 3.30. The van der Waals surface area contributed by atoms with E-state index in [-0.39, 0.29) is 18.2 Å². The van der Waals surface area contributed by atoms with E-state index in [1.54, 1.807) is 24.2 Å².